The number of nitrogens with one attached hydrogen (secondary N) is 1. The van der Waals surface area contributed by atoms with Crippen LogP contribution in [0.15, 0.2) is 46.9 Å². The molecule has 27 heavy (non-hydrogen) atoms. The largest absolute Gasteiger partial charge is 0.497 e. The van der Waals surface area contributed by atoms with Crippen molar-refractivity contribution in [2.75, 3.05) is 20.3 Å². The Balaban J connectivity index is 1.76. The Morgan fingerprint density at radius 3 is 2.30 bits per heavy atom. The SMILES string of the molecule is COc1ccc(OC[C@H](C)NC(=O)COc2ccc(C(C)C)cc2Br)cc1. The van der Waals surface area contributed by atoms with E-state index in [-0.39, 0.29) is 18.6 Å². The lowest BCUT2D eigenvalue weighted by molar-refractivity contribution is -0.123. The van der Waals surface area contributed by atoms with Gasteiger partial charge in [0.05, 0.1) is 17.6 Å². The summed E-state index contributed by atoms with van der Waals surface area (Å²) in [5.74, 6) is 2.39. The Kier molecular flexibility index (Phi) is 7.98. The molecule has 0 aliphatic rings. The number of rotatable bonds is 9. The van der Waals surface area contributed by atoms with Gasteiger partial charge in [0.15, 0.2) is 6.61 Å². The number of hydrogen-bond acceptors (Lipinski definition) is 4. The van der Waals surface area contributed by atoms with Gasteiger partial charge in [-0.25, -0.2) is 0 Å². The van der Waals surface area contributed by atoms with Crippen molar-refractivity contribution in [2.45, 2.75) is 32.7 Å². The number of carbonyl (C=O) groups excluding carboxylic acids is 1. The molecular weight excluding hydrogens is 410 g/mol. The molecular formula is C21H26BrNO4. The van der Waals surface area contributed by atoms with Gasteiger partial charge in [0, 0.05) is 0 Å². The number of benzene rings is 2. The molecule has 0 aromatic heterocycles. The molecule has 0 saturated heterocycles. The highest BCUT2D eigenvalue weighted by Crippen LogP contribution is 2.28. The predicted molar refractivity (Wildman–Crippen MR) is 110 cm³/mol. The van der Waals surface area contributed by atoms with E-state index in [1.54, 1.807) is 7.11 Å². The molecule has 0 heterocycles. The first-order valence-electron chi connectivity index (χ1n) is 8.87. The summed E-state index contributed by atoms with van der Waals surface area (Å²) in [6.45, 7) is 6.46. The van der Waals surface area contributed by atoms with Crippen LogP contribution in [0, 0.1) is 0 Å². The minimum atomic E-state index is -0.194. The second-order valence-corrected chi connectivity index (χ2v) is 7.44. The number of halogens is 1. The average molecular weight is 436 g/mol. The van der Waals surface area contributed by atoms with E-state index < -0.39 is 0 Å². The van der Waals surface area contributed by atoms with Crippen LogP contribution in [0.3, 0.4) is 0 Å². The Morgan fingerprint density at radius 2 is 1.70 bits per heavy atom. The van der Waals surface area contributed by atoms with Gasteiger partial charge in [0.2, 0.25) is 0 Å². The summed E-state index contributed by atoms with van der Waals surface area (Å²) < 4.78 is 17.2. The molecule has 1 atom stereocenters. The summed E-state index contributed by atoms with van der Waals surface area (Å²) in [5.41, 5.74) is 1.21. The number of carbonyl (C=O) groups is 1. The Labute approximate surface area is 169 Å². The van der Waals surface area contributed by atoms with Crippen molar-refractivity contribution in [2.24, 2.45) is 0 Å². The van der Waals surface area contributed by atoms with Gasteiger partial charge in [0.1, 0.15) is 23.9 Å². The smallest absolute Gasteiger partial charge is 0.258 e. The highest BCUT2D eigenvalue weighted by molar-refractivity contribution is 9.10. The van der Waals surface area contributed by atoms with E-state index in [4.69, 9.17) is 14.2 Å². The van der Waals surface area contributed by atoms with Crippen molar-refractivity contribution < 1.29 is 19.0 Å². The first kappa shape index (κ1) is 21.1. The van der Waals surface area contributed by atoms with Crippen LogP contribution in [-0.2, 0) is 4.79 Å². The van der Waals surface area contributed by atoms with Crippen molar-refractivity contribution in [1.82, 2.24) is 5.32 Å². The molecule has 5 nitrogen and oxygen atoms in total. The molecule has 0 radical (unpaired) electrons. The van der Waals surface area contributed by atoms with Crippen molar-refractivity contribution >= 4 is 21.8 Å². The molecule has 0 unspecified atom stereocenters. The maximum atomic E-state index is 12.1. The van der Waals surface area contributed by atoms with Crippen LogP contribution in [0.25, 0.3) is 0 Å². The maximum absolute atomic E-state index is 12.1. The van der Waals surface area contributed by atoms with Crippen molar-refractivity contribution in [3.05, 3.63) is 52.5 Å². The number of ether oxygens (including phenoxy) is 3. The van der Waals surface area contributed by atoms with Crippen LogP contribution in [0.1, 0.15) is 32.3 Å². The van der Waals surface area contributed by atoms with Crippen LogP contribution in [0.4, 0.5) is 0 Å². The second-order valence-electron chi connectivity index (χ2n) is 6.59. The zero-order valence-corrected chi connectivity index (χ0v) is 17.7. The van der Waals surface area contributed by atoms with Gasteiger partial charge in [-0.1, -0.05) is 19.9 Å². The van der Waals surface area contributed by atoms with Gasteiger partial charge in [-0.05, 0) is 70.7 Å². The zero-order chi connectivity index (χ0) is 19.8. The molecule has 0 bridgehead atoms. The lowest BCUT2D eigenvalue weighted by atomic mass is 10.0. The van der Waals surface area contributed by atoms with E-state index >= 15 is 0 Å². The molecule has 6 heteroatoms. The van der Waals surface area contributed by atoms with Crippen LogP contribution < -0.4 is 19.5 Å². The fraction of sp³-hybridized carbons (Fsp3) is 0.381. The summed E-state index contributed by atoms with van der Waals surface area (Å²) >= 11 is 3.49. The lowest BCUT2D eigenvalue weighted by Gasteiger charge is -2.16. The average Bonchev–Trinajstić information content (AvgIpc) is 2.65. The molecule has 1 amide bonds. The van der Waals surface area contributed by atoms with Crippen LogP contribution >= 0.6 is 15.9 Å². The van der Waals surface area contributed by atoms with Gasteiger partial charge >= 0.3 is 0 Å². The number of hydrogen-bond donors (Lipinski definition) is 1. The van der Waals surface area contributed by atoms with Gasteiger partial charge in [0.25, 0.3) is 5.91 Å². The highest BCUT2D eigenvalue weighted by atomic mass is 79.9. The zero-order valence-electron chi connectivity index (χ0n) is 16.1. The van der Waals surface area contributed by atoms with Gasteiger partial charge in [-0.2, -0.15) is 0 Å². The van der Waals surface area contributed by atoms with Crippen LogP contribution in [0.2, 0.25) is 0 Å². The fourth-order valence-corrected chi connectivity index (χ4v) is 2.90. The van der Waals surface area contributed by atoms with E-state index in [9.17, 15) is 4.79 Å². The molecule has 0 aliphatic heterocycles. The van der Waals surface area contributed by atoms with Gasteiger partial charge in [-0.15, -0.1) is 0 Å². The summed E-state index contributed by atoms with van der Waals surface area (Å²) in [6, 6.07) is 13.1. The van der Waals surface area contributed by atoms with E-state index in [1.165, 1.54) is 5.56 Å². The van der Waals surface area contributed by atoms with Crippen molar-refractivity contribution in [1.29, 1.82) is 0 Å². The van der Waals surface area contributed by atoms with E-state index in [0.717, 1.165) is 16.0 Å². The first-order valence-corrected chi connectivity index (χ1v) is 9.66. The van der Waals surface area contributed by atoms with Crippen LogP contribution in [-0.4, -0.2) is 32.3 Å². The monoisotopic (exact) mass is 435 g/mol. The molecule has 2 aromatic carbocycles. The van der Waals surface area contributed by atoms with Gasteiger partial charge < -0.3 is 19.5 Å². The normalized spacial score (nSPS) is 11.8. The summed E-state index contributed by atoms with van der Waals surface area (Å²) in [7, 11) is 1.62. The molecule has 0 spiro atoms. The fourth-order valence-electron chi connectivity index (χ4n) is 2.39. The third kappa shape index (κ3) is 6.79. The van der Waals surface area contributed by atoms with Crippen molar-refractivity contribution in [3.8, 4) is 17.2 Å². The highest BCUT2D eigenvalue weighted by Gasteiger charge is 2.11. The van der Waals surface area contributed by atoms with E-state index in [1.807, 2.05) is 49.4 Å². The minimum Gasteiger partial charge on any atom is -0.497 e. The number of methoxy groups -OCH3 is 1. The quantitative estimate of drug-likeness (QED) is 0.627. The van der Waals surface area contributed by atoms with Crippen molar-refractivity contribution in [3.63, 3.8) is 0 Å². The molecule has 0 saturated carbocycles. The summed E-state index contributed by atoms with van der Waals surface area (Å²) in [5, 5.41) is 2.86. The summed E-state index contributed by atoms with van der Waals surface area (Å²) in [6.07, 6.45) is 0. The van der Waals surface area contributed by atoms with E-state index in [0.29, 0.717) is 18.3 Å². The predicted octanol–water partition coefficient (Wildman–Crippen LogP) is 4.54. The molecule has 2 aromatic rings. The Morgan fingerprint density at radius 1 is 1.04 bits per heavy atom. The second kappa shape index (κ2) is 10.2. The third-order valence-electron chi connectivity index (χ3n) is 3.95. The molecule has 146 valence electrons. The Hall–Kier alpha value is -2.21. The topological polar surface area (TPSA) is 56.8 Å². The van der Waals surface area contributed by atoms with Gasteiger partial charge in [-0.3, -0.25) is 4.79 Å². The maximum Gasteiger partial charge on any atom is 0.258 e. The number of amides is 1. The minimum absolute atomic E-state index is 0.0491. The summed E-state index contributed by atoms with van der Waals surface area (Å²) in [4.78, 5) is 12.1. The standard InChI is InChI=1S/C21H26BrNO4/c1-14(2)16-5-10-20(19(22)11-16)27-13-21(24)23-15(3)12-26-18-8-6-17(25-4)7-9-18/h5-11,14-15H,12-13H2,1-4H3,(H,23,24)/t15-/m0/s1. The van der Waals surface area contributed by atoms with Crippen LogP contribution in [0.5, 0.6) is 17.2 Å². The Bertz CT molecular complexity index is 746. The third-order valence-corrected chi connectivity index (χ3v) is 4.57. The first-order chi connectivity index (χ1) is 12.9. The lowest BCUT2D eigenvalue weighted by Crippen LogP contribution is -2.39. The molecule has 2 rings (SSSR count). The molecule has 0 fully saturated rings. The molecule has 0 aliphatic carbocycles. The molecule has 1 N–H and O–H groups in total. The van der Waals surface area contributed by atoms with E-state index in [2.05, 4.69) is 35.1 Å².